The zero-order valence-electron chi connectivity index (χ0n) is 17.0. The van der Waals surface area contributed by atoms with Crippen molar-refractivity contribution in [1.82, 2.24) is 25.0 Å². The molecule has 0 spiro atoms. The molecular weight excluding hydrogens is 419 g/mol. The standard InChI is InChI=1S/C21H21FN6O2S/c1-3-16-20(31-19(11-29)27-16)13-8-18(21(23)24-10-13)30-12(2)15-9-14(22)4-5-17(15)28-25-6-7-26-28/h4-10,12,29H,3,11H2,1-2H3,(H2,23,24)/t12-/m1/s1. The Labute approximate surface area is 182 Å². The first-order chi connectivity index (χ1) is 15.0. The minimum absolute atomic E-state index is 0.121. The van der Waals surface area contributed by atoms with Gasteiger partial charge in [0.25, 0.3) is 0 Å². The predicted molar refractivity (Wildman–Crippen MR) is 115 cm³/mol. The van der Waals surface area contributed by atoms with Crippen molar-refractivity contribution in [2.75, 3.05) is 5.73 Å². The van der Waals surface area contributed by atoms with Crippen molar-refractivity contribution in [3.8, 4) is 21.9 Å². The third-order valence-electron chi connectivity index (χ3n) is 4.72. The molecule has 10 heteroatoms. The zero-order valence-corrected chi connectivity index (χ0v) is 17.8. The molecule has 31 heavy (non-hydrogen) atoms. The van der Waals surface area contributed by atoms with Gasteiger partial charge in [0.2, 0.25) is 0 Å². The number of aryl methyl sites for hydroxylation is 1. The number of aromatic nitrogens is 5. The van der Waals surface area contributed by atoms with Gasteiger partial charge in [0.05, 0.1) is 35.3 Å². The largest absolute Gasteiger partial charge is 0.482 e. The molecule has 0 radical (unpaired) electrons. The van der Waals surface area contributed by atoms with E-state index in [1.807, 2.05) is 6.92 Å². The Morgan fingerprint density at radius 3 is 2.74 bits per heavy atom. The summed E-state index contributed by atoms with van der Waals surface area (Å²) in [5, 5.41) is 18.3. The molecule has 4 aromatic rings. The first kappa shape index (κ1) is 20.9. The molecule has 0 amide bonds. The van der Waals surface area contributed by atoms with Crippen molar-refractivity contribution in [1.29, 1.82) is 0 Å². The van der Waals surface area contributed by atoms with Gasteiger partial charge in [-0.05, 0) is 37.6 Å². The molecule has 0 aliphatic carbocycles. The molecular formula is C21H21FN6O2S. The van der Waals surface area contributed by atoms with Crippen LogP contribution in [-0.4, -0.2) is 30.1 Å². The number of halogens is 1. The highest BCUT2D eigenvalue weighted by atomic mass is 32.1. The Bertz CT molecular complexity index is 1190. The Morgan fingerprint density at radius 1 is 1.26 bits per heavy atom. The monoisotopic (exact) mass is 440 g/mol. The average molecular weight is 441 g/mol. The normalized spacial score (nSPS) is 12.1. The molecule has 1 atom stereocenters. The van der Waals surface area contributed by atoms with E-state index in [0.29, 0.717) is 28.4 Å². The molecule has 0 unspecified atom stereocenters. The Kier molecular flexibility index (Phi) is 5.92. The summed E-state index contributed by atoms with van der Waals surface area (Å²) in [7, 11) is 0. The molecule has 8 nitrogen and oxygen atoms in total. The fourth-order valence-electron chi connectivity index (χ4n) is 3.23. The van der Waals surface area contributed by atoms with Crippen molar-refractivity contribution in [2.45, 2.75) is 33.0 Å². The van der Waals surface area contributed by atoms with Gasteiger partial charge in [0.1, 0.15) is 16.9 Å². The number of anilines is 1. The summed E-state index contributed by atoms with van der Waals surface area (Å²) in [6, 6.07) is 6.13. The van der Waals surface area contributed by atoms with E-state index in [2.05, 4.69) is 20.2 Å². The van der Waals surface area contributed by atoms with Crippen LogP contribution >= 0.6 is 11.3 Å². The SMILES string of the molecule is CCc1nc(CO)sc1-c1cnc(N)c(O[C@H](C)c2cc(F)ccc2-n2nccn2)c1. The van der Waals surface area contributed by atoms with Crippen LogP contribution < -0.4 is 10.5 Å². The molecule has 160 valence electrons. The van der Waals surface area contributed by atoms with Crippen LogP contribution in [-0.2, 0) is 13.0 Å². The number of ether oxygens (including phenoxy) is 1. The molecule has 0 aliphatic heterocycles. The van der Waals surface area contributed by atoms with Crippen LogP contribution in [0.25, 0.3) is 16.1 Å². The highest BCUT2D eigenvalue weighted by Crippen LogP contribution is 2.36. The molecule has 0 aliphatic rings. The first-order valence-corrected chi connectivity index (χ1v) is 10.5. The molecule has 0 fully saturated rings. The summed E-state index contributed by atoms with van der Waals surface area (Å²) in [5.41, 5.74) is 8.90. The number of nitrogens with two attached hydrogens (primary N) is 1. The third kappa shape index (κ3) is 4.25. The highest BCUT2D eigenvalue weighted by Gasteiger charge is 2.19. The lowest BCUT2D eigenvalue weighted by atomic mass is 10.1. The fraction of sp³-hybridized carbons (Fsp3) is 0.238. The first-order valence-electron chi connectivity index (χ1n) is 9.68. The van der Waals surface area contributed by atoms with Gasteiger partial charge in [-0.1, -0.05) is 6.92 Å². The van der Waals surface area contributed by atoms with Crippen LogP contribution in [0.1, 0.15) is 36.2 Å². The Hall–Kier alpha value is -3.37. The van der Waals surface area contributed by atoms with E-state index in [9.17, 15) is 9.50 Å². The maximum atomic E-state index is 14.0. The van der Waals surface area contributed by atoms with Crippen LogP contribution in [0.4, 0.5) is 10.2 Å². The van der Waals surface area contributed by atoms with Crippen LogP contribution in [0, 0.1) is 5.82 Å². The van der Waals surface area contributed by atoms with Gasteiger partial charge in [-0.25, -0.2) is 14.4 Å². The molecule has 3 heterocycles. The van der Waals surface area contributed by atoms with Gasteiger partial charge in [-0.2, -0.15) is 15.0 Å². The number of hydrogen-bond acceptors (Lipinski definition) is 8. The lowest BCUT2D eigenvalue weighted by molar-refractivity contribution is 0.226. The fourth-order valence-corrected chi connectivity index (χ4v) is 4.23. The van der Waals surface area contributed by atoms with E-state index in [4.69, 9.17) is 10.5 Å². The summed E-state index contributed by atoms with van der Waals surface area (Å²) >= 11 is 1.40. The van der Waals surface area contributed by atoms with E-state index < -0.39 is 11.9 Å². The number of rotatable bonds is 7. The van der Waals surface area contributed by atoms with Crippen molar-refractivity contribution < 1.29 is 14.2 Å². The van der Waals surface area contributed by atoms with Crippen LogP contribution in [0.5, 0.6) is 5.75 Å². The summed E-state index contributed by atoms with van der Waals surface area (Å²) in [5.74, 6) is 0.195. The van der Waals surface area contributed by atoms with Gasteiger partial charge in [0.15, 0.2) is 11.6 Å². The molecule has 3 aromatic heterocycles. The average Bonchev–Trinajstić information content (AvgIpc) is 3.45. The topological polar surface area (TPSA) is 112 Å². The molecule has 0 saturated heterocycles. The van der Waals surface area contributed by atoms with Crippen molar-refractivity contribution >= 4 is 17.2 Å². The van der Waals surface area contributed by atoms with Gasteiger partial charge in [-0.3, -0.25) is 0 Å². The number of aliphatic hydroxyl groups excluding tert-OH is 1. The lowest BCUT2D eigenvalue weighted by Crippen LogP contribution is -2.11. The molecule has 0 bridgehead atoms. The highest BCUT2D eigenvalue weighted by molar-refractivity contribution is 7.15. The maximum Gasteiger partial charge on any atom is 0.166 e. The number of thiazole rings is 1. The number of pyridine rings is 1. The second-order valence-corrected chi connectivity index (χ2v) is 7.87. The Morgan fingerprint density at radius 2 is 2.03 bits per heavy atom. The molecule has 3 N–H and O–H groups in total. The predicted octanol–water partition coefficient (Wildman–Crippen LogP) is 3.70. The summed E-state index contributed by atoms with van der Waals surface area (Å²) in [4.78, 5) is 11.0. The maximum absolute atomic E-state index is 14.0. The van der Waals surface area contributed by atoms with Crippen LogP contribution in [0.3, 0.4) is 0 Å². The van der Waals surface area contributed by atoms with E-state index >= 15 is 0 Å². The number of benzene rings is 1. The summed E-state index contributed by atoms with van der Waals surface area (Å²) in [6.07, 6.45) is 4.90. The van der Waals surface area contributed by atoms with Crippen molar-refractivity contribution in [2.24, 2.45) is 0 Å². The smallest absolute Gasteiger partial charge is 0.166 e. The zero-order chi connectivity index (χ0) is 22.0. The lowest BCUT2D eigenvalue weighted by Gasteiger charge is -2.19. The van der Waals surface area contributed by atoms with Crippen LogP contribution in [0.2, 0.25) is 0 Å². The van der Waals surface area contributed by atoms with E-state index in [1.54, 1.807) is 37.6 Å². The van der Waals surface area contributed by atoms with Crippen molar-refractivity contribution in [3.05, 3.63) is 64.9 Å². The van der Waals surface area contributed by atoms with Gasteiger partial charge in [-0.15, -0.1) is 11.3 Å². The minimum Gasteiger partial charge on any atom is -0.482 e. The van der Waals surface area contributed by atoms with Crippen molar-refractivity contribution in [3.63, 3.8) is 0 Å². The number of nitrogens with zero attached hydrogens (tertiary/aromatic N) is 5. The van der Waals surface area contributed by atoms with Gasteiger partial charge >= 0.3 is 0 Å². The summed E-state index contributed by atoms with van der Waals surface area (Å²) in [6.45, 7) is 3.67. The van der Waals surface area contributed by atoms with E-state index in [-0.39, 0.29) is 12.4 Å². The van der Waals surface area contributed by atoms with Gasteiger partial charge < -0.3 is 15.6 Å². The third-order valence-corrected chi connectivity index (χ3v) is 5.85. The number of aliphatic hydroxyl groups is 1. The second kappa shape index (κ2) is 8.78. The van der Waals surface area contributed by atoms with E-state index in [0.717, 1.165) is 16.1 Å². The minimum atomic E-state index is -0.559. The van der Waals surface area contributed by atoms with Crippen LogP contribution in [0.15, 0.2) is 42.9 Å². The quantitative estimate of drug-likeness (QED) is 0.451. The number of nitrogen functional groups attached to an aromatic ring is 1. The second-order valence-electron chi connectivity index (χ2n) is 6.78. The van der Waals surface area contributed by atoms with Gasteiger partial charge in [0, 0.05) is 17.3 Å². The molecule has 1 aromatic carbocycles. The summed E-state index contributed by atoms with van der Waals surface area (Å²) < 4.78 is 20.1. The number of hydrogen-bond donors (Lipinski definition) is 2. The Balaban J connectivity index is 1.69. The molecule has 4 rings (SSSR count). The molecule has 0 saturated carbocycles. The van der Waals surface area contributed by atoms with E-state index in [1.165, 1.54) is 28.3 Å².